The Kier molecular flexibility index (Phi) is 8.34. The lowest BCUT2D eigenvalue weighted by molar-refractivity contribution is -0.121. The Labute approximate surface area is 203 Å². The number of hydrogen-bond donors (Lipinski definition) is 2. The van der Waals surface area contributed by atoms with Crippen LogP contribution in [0.25, 0.3) is 0 Å². The van der Waals surface area contributed by atoms with Gasteiger partial charge in [-0.05, 0) is 36.2 Å². The highest BCUT2D eigenvalue weighted by atomic mass is 32.2. The van der Waals surface area contributed by atoms with Crippen LogP contribution in [0.4, 0.5) is 0 Å². The third kappa shape index (κ3) is 6.52. The molecule has 10 heteroatoms. The van der Waals surface area contributed by atoms with Gasteiger partial charge in [-0.2, -0.15) is 9.41 Å². The van der Waals surface area contributed by atoms with Crippen molar-refractivity contribution >= 4 is 28.1 Å². The lowest BCUT2D eigenvalue weighted by Gasteiger charge is -2.23. The molecule has 0 spiro atoms. The van der Waals surface area contributed by atoms with Crippen molar-refractivity contribution in [1.82, 2.24) is 9.73 Å². The average Bonchev–Trinajstić information content (AvgIpc) is 2.84. The summed E-state index contributed by atoms with van der Waals surface area (Å²) in [7, 11) is -2.76. The van der Waals surface area contributed by atoms with Crippen molar-refractivity contribution in [2.45, 2.75) is 18.4 Å². The summed E-state index contributed by atoms with van der Waals surface area (Å²) in [4.78, 5) is 23.9. The zero-order valence-electron chi connectivity index (χ0n) is 19.2. The first-order valence-corrected chi connectivity index (χ1v) is 12.0. The summed E-state index contributed by atoms with van der Waals surface area (Å²) in [6.07, 6.45) is 1.20. The molecule has 3 aromatic carbocycles. The number of benzene rings is 3. The van der Waals surface area contributed by atoms with Gasteiger partial charge in [0.05, 0.1) is 25.4 Å². The smallest absolute Gasteiger partial charge is 0.336 e. The molecule has 3 rings (SSSR count). The molecule has 0 unspecified atom stereocenters. The summed E-state index contributed by atoms with van der Waals surface area (Å²) in [6, 6.07) is 19.8. The summed E-state index contributed by atoms with van der Waals surface area (Å²) in [5.41, 5.74) is 3.99. The molecule has 0 fully saturated rings. The average molecular weight is 496 g/mol. The fourth-order valence-corrected chi connectivity index (χ4v) is 4.94. The second-order valence-corrected chi connectivity index (χ2v) is 9.50. The third-order valence-corrected chi connectivity index (χ3v) is 6.86. The molecule has 0 aliphatic heterocycles. The van der Waals surface area contributed by atoms with E-state index in [0.29, 0.717) is 11.1 Å². The molecular weight excluding hydrogens is 470 g/mol. The minimum absolute atomic E-state index is 0.0188. The van der Waals surface area contributed by atoms with Gasteiger partial charge in [0.2, 0.25) is 10.0 Å². The number of methoxy groups -OCH3 is 1. The van der Waals surface area contributed by atoms with E-state index >= 15 is 0 Å². The number of carboxylic acids is 1. The number of carbonyl (C=O) groups excluding carboxylic acids is 1. The molecule has 3 aromatic rings. The van der Waals surface area contributed by atoms with Gasteiger partial charge in [-0.3, -0.25) is 4.79 Å². The van der Waals surface area contributed by atoms with Crippen molar-refractivity contribution in [2.24, 2.45) is 5.10 Å². The normalized spacial score (nSPS) is 11.5. The molecule has 0 saturated heterocycles. The van der Waals surface area contributed by atoms with Crippen molar-refractivity contribution in [1.29, 1.82) is 0 Å². The van der Waals surface area contributed by atoms with E-state index in [1.807, 2.05) is 6.07 Å². The lowest BCUT2D eigenvalue weighted by atomic mass is 10.1. The van der Waals surface area contributed by atoms with Crippen molar-refractivity contribution in [3.05, 3.63) is 95.1 Å². The lowest BCUT2D eigenvalue weighted by Crippen LogP contribution is -2.39. The fourth-order valence-electron chi connectivity index (χ4n) is 3.31. The molecule has 182 valence electrons. The van der Waals surface area contributed by atoms with Gasteiger partial charge in [0.25, 0.3) is 5.91 Å². The largest absolute Gasteiger partial charge is 0.495 e. The number of carbonyl (C=O) groups is 2. The van der Waals surface area contributed by atoms with Gasteiger partial charge in [0.1, 0.15) is 10.6 Å². The van der Waals surface area contributed by atoms with Crippen molar-refractivity contribution in [3.8, 4) is 5.75 Å². The highest BCUT2D eigenvalue weighted by molar-refractivity contribution is 7.89. The van der Waals surface area contributed by atoms with Crippen LogP contribution in [0.5, 0.6) is 5.75 Å². The molecule has 0 aliphatic rings. The molecule has 0 aliphatic carbocycles. The maximum absolute atomic E-state index is 13.6. The van der Waals surface area contributed by atoms with Crippen molar-refractivity contribution in [2.75, 3.05) is 13.7 Å². The molecule has 0 atom stereocenters. The Morgan fingerprint density at radius 1 is 1.06 bits per heavy atom. The maximum atomic E-state index is 13.6. The van der Waals surface area contributed by atoms with Crippen LogP contribution in [-0.2, 0) is 21.4 Å². The summed E-state index contributed by atoms with van der Waals surface area (Å²) >= 11 is 0. The molecular formula is C25H25N3O6S. The number of nitrogens with one attached hydrogen (secondary N) is 1. The Morgan fingerprint density at radius 3 is 2.43 bits per heavy atom. The van der Waals surface area contributed by atoms with Crippen molar-refractivity contribution in [3.63, 3.8) is 0 Å². The summed E-state index contributed by atoms with van der Waals surface area (Å²) in [6.45, 7) is 1.18. The van der Waals surface area contributed by atoms with E-state index < -0.39 is 28.4 Å². The van der Waals surface area contributed by atoms with E-state index in [2.05, 4.69) is 10.5 Å². The highest BCUT2D eigenvalue weighted by Crippen LogP contribution is 2.28. The third-order valence-electron chi connectivity index (χ3n) is 5.04. The number of carboxylic acid groups (broad SMARTS) is 1. The van der Waals surface area contributed by atoms with Gasteiger partial charge in [0, 0.05) is 12.1 Å². The van der Waals surface area contributed by atoms with Crippen LogP contribution in [0.2, 0.25) is 0 Å². The number of hydrazone groups is 1. The molecule has 9 nitrogen and oxygen atoms in total. The van der Waals surface area contributed by atoms with Gasteiger partial charge < -0.3 is 9.84 Å². The number of rotatable bonds is 10. The first-order valence-electron chi connectivity index (χ1n) is 10.6. The fraction of sp³-hybridized carbons (Fsp3) is 0.160. The first-order chi connectivity index (χ1) is 16.7. The van der Waals surface area contributed by atoms with Gasteiger partial charge in [0.15, 0.2) is 0 Å². The number of aryl methyl sites for hydroxylation is 1. The molecule has 35 heavy (non-hydrogen) atoms. The SMILES string of the molecule is COc1ccc(C)cc1S(=O)(=O)N(CC(=O)NN=Cc1ccccc1C(=O)O)Cc1ccccc1. The topological polar surface area (TPSA) is 125 Å². The highest BCUT2D eigenvalue weighted by Gasteiger charge is 2.30. The van der Waals surface area contributed by atoms with Crippen molar-refractivity contribution < 1.29 is 27.9 Å². The number of aromatic carboxylic acids is 1. The van der Waals surface area contributed by atoms with Crippen LogP contribution in [0, 0.1) is 6.92 Å². The second kappa shape index (κ2) is 11.4. The molecule has 0 aromatic heterocycles. The van der Waals surface area contributed by atoms with Crippen LogP contribution >= 0.6 is 0 Å². The van der Waals surface area contributed by atoms with Crippen LogP contribution in [0.15, 0.2) is 82.8 Å². The summed E-state index contributed by atoms with van der Waals surface area (Å²) < 4.78 is 33.5. The molecule has 2 N–H and O–H groups in total. The van der Waals surface area contributed by atoms with Crippen LogP contribution in [0.1, 0.15) is 27.0 Å². The van der Waals surface area contributed by atoms with Crippen LogP contribution in [0.3, 0.4) is 0 Å². The Hall–Kier alpha value is -4.02. The Balaban J connectivity index is 1.86. The van der Waals surface area contributed by atoms with Crippen LogP contribution in [-0.4, -0.2) is 49.6 Å². The minimum atomic E-state index is -4.14. The second-order valence-electron chi connectivity index (χ2n) is 7.60. The van der Waals surface area contributed by atoms with E-state index in [1.54, 1.807) is 55.5 Å². The quantitative estimate of drug-likeness (QED) is 0.329. The van der Waals surface area contributed by atoms with E-state index in [-0.39, 0.29) is 22.8 Å². The summed E-state index contributed by atoms with van der Waals surface area (Å²) in [5, 5.41) is 13.1. The molecule has 1 amide bonds. The molecule has 0 saturated carbocycles. The van der Waals surface area contributed by atoms with Crippen LogP contribution < -0.4 is 10.2 Å². The zero-order chi connectivity index (χ0) is 25.4. The minimum Gasteiger partial charge on any atom is -0.495 e. The molecule has 0 heterocycles. The summed E-state index contributed by atoms with van der Waals surface area (Å²) in [5.74, 6) is -1.66. The van der Waals surface area contributed by atoms with E-state index in [0.717, 1.165) is 9.87 Å². The van der Waals surface area contributed by atoms with E-state index in [9.17, 15) is 23.1 Å². The zero-order valence-corrected chi connectivity index (χ0v) is 20.0. The van der Waals surface area contributed by atoms with E-state index in [1.165, 1.54) is 31.5 Å². The van der Waals surface area contributed by atoms with Gasteiger partial charge in [-0.1, -0.05) is 54.6 Å². The predicted molar refractivity (Wildman–Crippen MR) is 131 cm³/mol. The molecule has 0 radical (unpaired) electrons. The predicted octanol–water partition coefficient (Wildman–Crippen LogP) is 3.04. The Bertz CT molecular complexity index is 1340. The van der Waals surface area contributed by atoms with E-state index in [4.69, 9.17) is 4.74 Å². The number of hydrogen-bond acceptors (Lipinski definition) is 6. The van der Waals surface area contributed by atoms with Gasteiger partial charge in [-0.15, -0.1) is 0 Å². The van der Waals surface area contributed by atoms with Gasteiger partial charge in [-0.25, -0.2) is 18.6 Å². The standard InChI is InChI=1S/C25H25N3O6S/c1-18-12-13-22(34-2)23(14-18)35(32,33)28(16-19-8-4-3-5-9-19)17-24(29)27-26-15-20-10-6-7-11-21(20)25(30)31/h3-15H,16-17H2,1-2H3,(H,27,29)(H,30,31). The number of sulfonamides is 1. The number of ether oxygens (including phenoxy) is 1. The number of nitrogens with zero attached hydrogens (tertiary/aromatic N) is 2. The first kappa shape index (κ1) is 25.6. The Morgan fingerprint density at radius 2 is 1.74 bits per heavy atom. The number of amides is 1. The van der Waals surface area contributed by atoms with Gasteiger partial charge >= 0.3 is 5.97 Å². The molecule has 0 bridgehead atoms. The monoisotopic (exact) mass is 495 g/mol. The maximum Gasteiger partial charge on any atom is 0.336 e.